The Morgan fingerprint density at radius 1 is 1.44 bits per heavy atom. The monoisotopic (exact) mass is 245 g/mol. The maximum Gasteiger partial charge on any atom is 0.0445 e. The molecule has 0 amide bonds. The molecule has 2 unspecified atom stereocenters. The van der Waals surface area contributed by atoms with Crippen molar-refractivity contribution in [3.8, 4) is 0 Å². The Morgan fingerprint density at radius 3 is 3.11 bits per heavy atom. The van der Waals surface area contributed by atoms with Gasteiger partial charge in [0, 0.05) is 42.8 Å². The summed E-state index contributed by atoms with van der Waals surface area (Å²) in [4.78, 5) is 6.91. The third kappa shape index (κ3) is 2.24. The zero-order chi connectivity index (χ0) is 12.4. The molecule has 18 heavy (non-hydrogen) atoms. The summed E-state index contributed by atoms with van der Waals surface area (Å²) >= 11 is 0. The molecule has 1 saturated carbocycles. The fourth-order valence-corrected chi connectivity index (χ4v) is 3.46. The minimum Gasteiger partial charge on any atom is -0.368 e. The van der Waals surface area contributed by atoms with Gasteiger partial charge in [0.25, 0.3) is 0 Å². The van der Waals surface area contributed by atoms with E-state index >= 15 is 0 Å². The quantitative estimate of drug-likeness (QED) is 0.808. The van der Waals surface area contributed by atoms with E-state index in [0.717, 1.165) is 25.0 Å². The molecule has 1 saturated heterocycles. The van der Waals surface area contributed by atoms with Crippen LogP contribution < -0.4 is 10.2 Å². The number of aromatic nitrogens is 1. The molecular formula is C15H23N3. The Hall–Kier alpha value is -1.09. The third-order valence-corrected chi connectivity index (χ3v) is 4.34. The van der Waals surface area contributed by atoms with E-state index in [2.05, 4.69) is 28.2 Å². The number of hydrogen-bond acceptors (Lipinski definition) is 3. The van der Waals surface area contributed by atoms with Crippen LogP contribution in [-0.4, -0.2) is 24.1 Å². The lowest BCUT2D eigenvalue weighted by Gasteiger charge is -2.30. The first-order valence-corrected chi connectivity index (χ1v) is 7.28. The van der Waals surface area contributed by atoms with E-state index in [0.29, 0.717) is 0 Å². The van der Waals surface area contributed by atoms with E-state index in [9.17, 15) is 0 Å². The second kappa shape index (κ2) is 5.27. The maximum atomic E-state index is 4.29. The van der Waals surface area contributed by atoms with E-state index in [1.54, 1.807) is 0 Å². The second-order valence-electron chi connectivity index (χ2n) is 5.67. The molecule has 0 spiro atoms. The van der Waals surface area contributed by atoms with E-state index in [1.807, 2.05) is 12.4 Å². The van der Waals surface area contributed by atoms with Crippen LogP contribution in [0, 0.1) is 5.92 Å². The van der Waals surface area contributed by atoms with Gasteiger partial charge in [-0.05, 0) is 44.2 Å². The van der Waals surface area contributed by atoms with Crippen molar-refractivity contribution in [1.82, 2.24) is 10.3 Å². The van der Waals surface area contributed by atoms with Crippen molar-refractivity contribution in [2.24, 2.45) is 5.92 Å². The van der Waals surface area contributed by atoms with E-state index in [1.165, 1.54) is 43.5 Å². The standard InChI is InChI=1S/C15H23N3/c1-2-6-16-9-13-10-17-7-5-15(13)18-11-12-3-4-14(18)8-12/h5,7,10,12,14,16H,2-4,6,8-9,11H2,1H3. The normalized spacial score (nSPS) is 25.9. The van der Waals surface area contributed by atoms with Crippen LogP contribution in [0.1, 0.15) is 38.2 Å². The average molecular weight is 245 g/mol. The van der Waals surface area contributed by atoms with Gasteiger partial charge in [0.05, 0.1) is 0 Å². The zero-order valence-electron chi connectivity index (χ0n) is 11.2. The van der Waals surface area contributed by atoms with Crippen LogP contribution in [0.3, 0.4) is 0 Å². The van der Waals surface area contributed by atoms with Crippen molar-refractivity contribution in [2.75, 3.05) is 18.0 Å². The van der Waals surface area contributed by atoms with Crippen LogP contribution >= 0.6 is 0 Å². The van der Waals surface area contributed by atoms with Crippen molar-refractivity contribution in [3.63, 3.8) is 0 Å². The molecule has 2 bridgehead atoms. The van der Waals surface area contributed by atoms with Gasteiger partial charge in [0.15, 0.2) is 0 Å². The number of piperidine rings is 1. The first-order chi connectivity index (χ1) is 8.88. The third-order valence-electron chi connectivity index (χ3n) is 4.34. The number of hydrogen-bond donors (Lipinski definition) is 1. The molecule has 1 aromatic rings. The summed E-state index contributed by atoms with van der Waals surface area (Å²) < 4.78 is 0. The Bertz CT molecular complexity index is 404. The minimum atomic E-state index is 0.794. The van der Waals surface area contributed by atoms with Crippen molar-refractivity contribution in [1.29, 1.82) is 0 Å². The van der Waals surface area contributed by atoms with Crippen molar-refractivity contribution < 1.29 is 0 Å². The van der Waals surface area contributed by atoms with Gasteiger partial charge in [-0.25, -0.2) is 0 Å². The fourth-order valence-electron chi connectivity index (χ4n) is 3.46. The predicted molar refractivity (Wildman–Crippen MR) is 74.7 cm³/mol. The first kappa shape index (κ1) is 12.0. The average Bonchev–Trinajstić information content (AvgIpc) is 3.02. The predicted octanol–water partition coefficient (Wildman–Crippen LogP) is 2.57. The largest absolute Gasteiger partial charge is 0.368 e. The number of rotatable bonds is 5. The molecule has 3 heteroatoms. The molecule has 1 aliphatic heterocycles. The van der Waals surface area contributed by atoms with Crippen LogP contribution in [0.25, 0.3) is 0 Å². The topological polar surface area (TPSA) is 28.2 Å². The molecule has 1 N–H and O–H groups in total. The van der Waals surface area contributed by atoms with Crippen LogP contribution in [0.2, 0.25) is 0 Å². The molecule has 0 aromatic carbocycles. The van der Waals surface area contributed by atoms with Gasteiger partial charge in [0.1, 0.15) is 0 Å². The summed E-state index contributed by atoms with van der Waals surface area (Å²) in [6.07, 6.45) is 9.38. The second-order valence-corrected chi connectivity index (χ2v) is 5.67. The summed E-state index contributed by atoms with van der Waals surface area (Å²) in [6, 6.07) is 2.99. The van der Waals surface area contributed by atoms with E-state index in [-0.39, 0.29) is 0 Å². The van der Waals surface area contributed by atoms with Crippen molar-refractivity contribution >= 4 is 5.69 Å². The Kier molecular flexibility index (Phi) is 3.50. The molecule has 98 valence electrons. The van der Waals surface area contributed by atoms with Gasteiger partial charge in [-0.1, -0.05) is 6.92 Å². The van der Waals surface area contributed by atoms with E-state index in [4.69, 9.17) is 0 Å². The minimum absolute atomic E-state index is 0.794. The van der Waals surface area contributed by atoms with Crippen LogP contribution in [-0.2, 0) is 6.54 Å². The van der Waals surface area contributed by atoms with Crippen LogP contribution in [0.4, 0.5) is 5.69 Å². The number of nitrogens with one attached hydrogen (secondary N) is 1. The van der Waals surface area contributed by atoms with Crippen molar-refractivity contribution in [3.05, 3.63) is 24.0 Å². The molecule has 2 heterocycles. The van der Waals surface area contributed by atoms with Gasteiger partial charge in [-0.2, -0.15) is 0 Å². The molecule has 2 aliphatic rings. The lowest BCUT2D eigenvalue weighted by Crippen LogP contribution is -2.33. The molecule has 2 fully saturated rings. The molecule has 1 aromatic heterocycles. The Labute approximate surface area is 110 Å². The summed E-state index contributed by atoms with van der Waals surface area (Å²) in [6.45, 7) is 5.50. The highest BCUT2D eigenvalue weighted by Gasteiger charge is 2.38. The maximum absolute atomic E-state index is 4.29. The lowest BCUT2D eigenvalue weighted by molar-refractivity contribution is 0.551. The summed E-state index contributed by atoms with van der Waals surface area (Å²) in [5.74, 6) is 0.944. The first-order valence-electron chi connectivity index (χ1n) is 7.28. The van der Waals surface area contributed by atoms with Crippen molar-refractivity contribution in [2.45, 2.75) is 45.2 Å². The highest BCUT2D eigenvalue weighted by atomic mass is 15.2. The number of fused-ring (bicyclic) bond motifs is 2. The van der Waals surface area contributed by atoms with Crippen LogP contribution in [0.5, 0.6) is 0 Å². The van der Waals surface area contributed by atoms with Crippen LogP contribution in [0.15, 0.2) is 18.5 Å². The molecule has 1 aliphatic carbocycles. The highest BCUT2D eigenvalue weighted by Crippen LogP contribution is 2.40. The molecule has 3 rings (SSSR count). The molecule has 2 atom stereocenters. The van der Waals surface area contributed by atoms with Gasteiger partial charge in [-0.15, -0.1) is 0 Å². The fraction of sp³-hybridized carbons (Fsp3) is 0.667. The molecular weight excluding hydrogens is 222 g/mol. The summed E-state index contributed by atoms with van der Waals surface area (Å²) in [5.41, 5.74) is 2.78. The van der Waals surface area contributed by atoms with Gasteiger partial charge >= 0.3 is 0 Å². The number of pyridine rings is 1. The number of anilines is 1. The number of nitrogens with zero attached hydrogens (tertiary/aromatic N) is 2. The molecule has 0 radical (unpaired) electrons. The van der Waals surface area contributed by atoms with Gasteiger partial charge < -0.3 is 10.2 Å². The highest BCUT2D eigenvalue weighted by molar-refractivity contribution is 5.54. The van der Waals surface area contributed by atoms with Gasteiger partial charge in [0.2, 0.25) is 0 Å². The van der Waals surface area contributed by atoms with E-state index < -0.39 is 0 Å². The lowest BCUT2D eigenvalue weighted by atomic mass is 10.1. The zero-order valence-corrected chi connectivity index (χ0v) is 11.2. The van der Waals surface area contributed by atoms with Gasteiger partial charge in [-0.3, -0.25) is 4.98 Å². The molecule has 3 nitrogen and oxygen atoms in total. The SMILES string of the molecule is CCCNCc1cnccc1N1CC2CCC1C2. The smallest absolute Gasteiger partial charge is 0.0445 e. The Morgan fingerprint density at radius 2 is 2.39 bits per heavy atom. The summed E-state index contributed by atoms with van der Waals surface area (Å²) in [7, 11) is 0. The Balaban J connectivity index is 1.74. The summed E-state index contributed by atoms with van der Waals surface area (Å²) in [5, 5.41) is 3.49.